The van der Waals surface area contributed by atoms with Gasteiger partial charge in [0, 0.05) is 24.3 Å². The molecule has 1 N–H and O–H groups in total. The maximum atomic E-state index is 12.5. The molecule has 2 aromatic rings. The van der Waals surface area contributed by atoms with Crippen LogP contribution in [-0.2, 0) is 23.8 Å². The number of carbonyl (C=O) groups is 2. The van der Waals surface area contributed by atoms with Gasteiger partial charge in [0.25, 0.3) is 5.91 Å². The Kier molecular flexibility index (Phi) is 8.82. The molecule has 2 aromatic carbocycles. The first-order chi connectivity index (χ1) is 16.0. The highest BCUT2D eigenvalue weighted by Gasteiger charge is 2.26. The minimum Gasteiger partial charge on any atom is -0.493 e. The predicted octanol–water partition coefficient (Wildman–Crippen LogP) is 2.78. The van der Waals surface area contributed by atoms with Crippen molar-refractivity contribution in [1.82, 2.24) is 0 Å². The highest BCUT2D eigenvalue weighted by atomic mass is 16.6. The molecule has 0 saturated heterocycles. The fourth-order valence-corrected chi connectivity index (χ4v) is 3.14. The number of carbonyl (C=O) groups excluding carboxylic acids is 2. The lowest BCUT2D eigenvalue weighted by atomic mass is 10.0. The fourth-order valence-electron chi connectivity index (χ4n) is 3.14. The van der Waals surface area contributed by atoms with Crippen molar-refractivity contribution >= 4 is 29.2 Å². The van der Waals surface area contributed by atoms with Crippen molar-refractivity contribution < 1.29 is 38.0 Å². The molecule has 0 spiro atoms. The molecule has 9 nitrogen and oxygen atoms in total. The number of amides is 1. The number of nitrogens with one attached hydrogen (secondary N) is 1. The van der Waals surface area contributed by atoms with Crippen LogP contribution in [0.2, 0.25) is 0 Å². The third-order valence-electron chi connectivity index (χ3n) is 4.75. The lowest BCUT2D eigenvalue weighted by Crippen LogP contribution is -2.18. The minimum absolute atomic E-state index is 0.179. The zero-order chi connectivity index (χ0) is 23.6. The second-order valence-electron chi connectivity index (χ2n) is 6.97. The Morgan fingerprint density at radius 1 is 0.909 bits per heavy atom. The van der Waals surface area contributed by atoms with Crippen LogP contribution in [0.4, 0.5) is 5.69 Å². The number of fused-ring (bicyclic) bond motifs is 1. The van der Waals surface area contributed by atoms with E-state index in [9.17, 15) is 9.59 Å². The van der Waals surface area contributed by atoms with E-state index < -0.39 is 5.97 Å². The quantitative estimate of drug-likeness (QED) is 0.225. The summed E-state index contributed by atoms with van der Waals surface area (Å²) in [4.78, 5) is 24.4. The largest absolute Gasteiger partial charge is 0.493 e. The average molecular weight is 457 g/mol. The van der Waals surface area contributed by atoms with E-state index in [1.54, 1.807) is 56.7 Å². The van der Waals surface area contributed by atoms with Crippen molar-refractivity contribution in [3.63, 3.8) is 0 Å². The highest BCUT2D eigenvalue weighted by Crippen LogP contribution is 2.41. The van der Waals surface area contributed by atoms with Crippen LogP contribution in [-0.4, -0.2) is 66.2 Å². The van der Waals surface area contributed by atoms with Gasteiger partial charge in [-0.3, -0.25) is 4.79 Å². The van der Waals surface area contributed by atoms with Gasteiger partial charge in [0.2, 0.25) is 0 Å². The van der Waals surface area contributed by atoms with Gasteiger partial charge in [-0.1, -0.05) is 12.1 Å². The van der Waals surface area contributed by atoms with Gasteiger partial charge >= 0.3 is 5.97 Å². The summed E-state index contributed by atoms with van der Waals surface area (Å²) < 4.78 is 31.2. The van der Waals surface area contributed by atoms with Crippen molar-refractivity contribution in [2.24, 2.45) is 0 Å². The van der Waals surface area contributed by atoms with Crippen molar-refractivity contribution in [2.45, 2.75) is 0 Å². The summed E-state index contributed by atoms with van der Waals surface area (Å²) in [5.74, 6) is 0.711. The van der Waals surface area contributed by atoms with E-state index in [4.69, 9.17) is 28.4 Å². The van der Waals surface area contributed by atoms with Crippen molar-refractivity contribution in [3.8, 4) is 17.2 Å². The van der Waals surface area contributed by atoms with E-state index in [2.05, 4.69) is 5.32 Å². The predicted molar refractivity (Wildman–Crippen MR) is 122 cm³/mol. The molecule has 1 aliphatic rings. The van der Waals surface area contributed by atoms with E-state index in [1.807, 2.05) is 0 Å². The number of rotatable bonds is 12. The maximum Gasteiger partial charge on any atom is 0.337 e. The van der Waals surface area contributed by atoms with Crippen molar-refractivity contribution in [2.75, 3.05) is 59.7 Å². The minimum atomic E-state index is -0.511. The Labute approximate surface area is 192 Å². The normalized spacial score (nSPS) is 13.5. The Bertz CT molecular complexity index is 1000. The van der Waals surface area contributed by atoms with Crippen LogP contribution in [0, 0.1) is 0 Å². The zero-order valence-electron chi connectivity index (χ0n) is 18.8. The second kappa shape index (κ2) is 12.0. The van der Waals surface area contributed by atoms with E-state index in [0.717, 1.165) is 11.1 Å². The summed E-state index contributed by atoms with van der Waals surface area (Å²) in [6.45, 7) is 1.46. The van der Waals surface area contributed by atoms with E-state index in [1.165, 1.54) is 7.11 Å². The monoisotopic (exact) mass is 457 g/mol. The molecular formula is C24H27NO8. The standard InChI is InChI=1S/C24H27NO8/c1-28-8-9-31-10-11-32-15-23(26)33-17-6-4-16(5-7-17)12-19-18-13-21(29-2)22(30-3)14-20(18)25-24(19)27/h4-7,12-14H,8-11,15H2,1-3H3,(H,25,27)/b19-12+. The van der Waals surface area contributed by atoms with Crippen molar-refractivity contribution in [3.05, 3.63) is 47.5 Å². The van der Waals surface area contributed by atoms with Crippen LogP contribution in [0.15, 0.2) is 36.4 Å². The number of methoxy groups -OCH3 is 3. The van der Waals surface area contributed by atoms with Crippen LogP contribution in [0.25, 0.3) is 11.6 Å². The fraction of sp³-hybridized carbons (Fsp3) is 0.333. The van der Waals surface area contributed by atoms with Gasteiger partial charge in [0.15, 0.2) is 11.5 Å². The summed E-state index contributed by atoms with van der Waals surface area (Å²) >= 11 is 0. The summed E-state index contributed by atoms with van der Waals surface area (Å²) in [5, 5.41) is 2.83. The number of ether oxygens (including phenoxy) is 6. The molecule has 0 fully saturated rings. The molecule has 3 rings (SSSR count). The Morgan fingerprint density at radius 2 is 1.58 bits per heavy atom. The Morgan fingerprint density at radius 3 is 2.27 bits per heavy atom. The first-order valence-corrected chi connectivity index (χ1v) is 10.3. The van der Waals surface area contributed by atoms with Gasteiger partial charge in [-0.2, -0.15) is 0 Å². The van der Waals surface area contributed by atoms with Crippen LogP contribution in [0.5, 0.6) is 17.2 Å². The van der Waals surface area contributed by atoms with Crippen LogP contribution in [0.3, 0.4) is 0 Å². The van der Waals surface area contributed by atoms with Crippen LogP contribution < -0.4 is 19.5 Å². The maximum absolute atomic E-state index is 12.5. The number of benzene rings is 2. The summed E-state index contributed by atoms with van der Waals surface area (Å²) in [7, 11) is 4.68. The molecule has 0 aliphatic carbocycles. The number of hydrogen-bond acceptors (Lipinski definition) is 8. The molecule has 33 heavy (non-hydrogen) atoms. The van der Waals surface area contributed by atoms with Gasteiger partial charge in [-0.25, -0.2) is 4.79 Å². The third-order valence-corrected chi connectivity index (χ3v) is 4.75. The smallest absolute Gasteiger partial charge is 0.337 e. The van der Waals surface area contributed by atoms with Gasteiger partial charge < -0.3 is 33.7 Å². The average Bonchev–Trinajstić information content (AvgIpc) is 3.12. The molecule has 176 valence electrons. The molecule has 1 heterocycles. The van der Waals surface area contributed by atoms with Crippen molar-refractivity contribution in [1.29, 1.82) is 0 Å². The topological polar surface area (TPSA) is 102 Å². The first-order valence-electron chi connectivity index (χ1n) is 10.3. The highest BCUT2D eigenvalue weighted by molar-refractivity contribution is 6.35. The Hall–Kier alpha value is -3.40. The number of anilines is 1. The molecule has 9 heteroatoms. The molecule has 0 saturated carbocycles. The summed E-state index contributed by atoms with van der Waals surface area (Å²) in [6, 6.07) is 10.3. The zero-order valence-corrected chi connectivity index (χ0v) is 18.8. The molecule has 1 aliphatic heterocycles. The molecule has 0 aromatic heterocycles. The van der Waals surface area contributed by atoms with Gasteiger partial charge in [-0.05, 0) is 29.8 Å². The molecule has 1 amide bonds. The number of esters is 1. The van der Waals surface area contributed by atoms with Gasteiger partial charge in [-0.15, -0.1) is 0 Å². The van der Waals surface area contributed by atoms with Crippen LogP contribution >= 0.6 is 0 Å². The summed E-state index contributed by atoms with van der Waals surface area (Å²) in [6.07, 6.45) is 1.76. The molecule has 0 unspecified atom stereocenters. The van der Waals surface area contributed by atoms with Crippen LogP contribution in [0.1, 0.15) is 11.1 Å². The molecule has 0 bridgehead atoms. The SMILES string of the molecule is COCCOCCOCC(=O)Oc1ccc(/C=C2/C(=O)Nc3cc(OC)c(OC)cc32)cc1. The van der Waals surface area contributed by atoms with E-state index in [-0.39, 0.29) is 19.1 Å². The summed E-state index contributed by atoms with van der Waals surface area (Å²) in [5.41, 5.74) is 2.64. The number of hydrogen-bond donors (Lipinski definition) is 1. The lowest BCUT2D eigenvalue weighted by molar-refractivity contribution is -0.140. The van der Waals surface area contributed by atoms with E-state index >= 15 is 0 Å². The first kappa shape index (κ1) is 24.2. The lowest BCUT2D eigenvalue weighted by Gasteiger charge is -2.09. The van der Waals surface area contributed by atoms with Gasteiger partial charge in [0.05, 0.1) is 46.3 Å². The van der Waals surface area contributed by atoms with Gasteiger partial charge in [0.1, 0.15) is 12.4 Å². The molecular weight excluding hydrogens is 430 g/mol. The Balaban J connectivity index is 1.58. The van der Waals surface area contributed by atoms with E-state index in [0.29, 0.717) is 48.3 Å². The third kappa shape index (κ3) is 6.55. The second-order valence-corrected chi connectivity index (χ2v) is 6.97. The molecule has 0 atom stereocenters. The molecule has 0 radical (unpaired) electrons.